The number of nitrogens with one attached hydrogen (secondary N) is 1. The van der Waals surface area contributed by atoms with Gasteiger partial charge < -0.3 is 15.2 Å². The minimum atomic E-state index is -4.93. The van der Waals surface area contributed by atoms with Crippen molar-refractivity contribution >= 4 is 17.3 Å². The van der Waals surface area contributed by atoms with Crippen molar-refractivity contribution in [2.45, 2.75) is 12.3 Å². The van der Waals surface area contributed by atoms with Gasteiger partial charge in [-0.15, -0.1) is 11.6 Å². The highest BCUT2D eigenvalue weighted by Crippen LogP contribution is 2.37. The molecule has 1 unspecified atom stereocenters. The molecule has 0 fully saturated rings. The SMILES string of the molecule is OC(CCl)CNc1cc(F)ccc1Oc1c(F)cc(C(F)(F)F)cc1F. The van der Waals surface area contributed by atoms with Crippen LogP contribution >= 0.6 is 11.6 Å². The van der Waals surface area contributed by atoms with Gasteiger partial charge in [0.2, 0.25) is 0 Å². The first-order chi connectivity index (χ1) is 12.1. The van der Waals surface area contributed by atoms with Crippen molar-refractivity contribution in [1.82, 2.24) is 0 Å². The maximum absolute atomic E-state index is 13.9. The lowest BCUT2D eigenvalue weighted by Gasteiger charge is -2.16. The highest BCUT2D eigenvalue weighted by molar-refractivity contribution is 6.18. The van der Waals surface area contributed by atoms with Crippen LogP contribution in [0.2, 0.25) is 0 Å². The van der Waals surface area contributed by atoms with Crippen molar-refractivity contribution < 1.29 is 36.2 Å². The third kappa shape index (κ3) is 4.95. The van der Waals surface area contributed by atoms with E-state index in [9.17, 15) is 31.4 Å². The largest absolute Gasteiger partial charge is 0.449 e. The van der Waals surface area contributed by atoms with Gasteiger partial charge in [-0.3, -0.25) is 0 Å². The maximum Gasteiger partial charge on any atom is 0.416 e. The summed E-state index contributed by atoms with van der Waals surface area (Å²) in [5.74, 6) is -5.33. The fraction of sp³-hybridized carbons (Fsp3) is 0.250. The summed E-state index contributed by atoms with van der Waals surface area (Å²) in [6, 6.07) is 3.06. The van der Waals surface area contributed by atoms with Gasteiger partial charge in [-0.2, -0.15) is 13.2 Å². The monoisotopic (exact) mass is 399 g/mol. The van der Waals surface area contributed by atoms with E-state index in [2.05, 4.69) is 5.32 Å². The molecule has 26 heavy (non-hydrogen) atoms. The van der Waals surface area contributed by atoms with Gasteiger partial charge in [0.25, 0.3) is 0 Å². The molecule has 0 bridgehead atoms. The standard InChI is InChI=1S/C16H12ClF6NO2/c17-6-10(25)7-24-13-5-9(18)1-2-14(13)26-15-11(19)3-8(4-12(15)20)16(21,22)23/h1-5,10,24-25H,6-7H2. The van der Waals surface area contributed by atoms with Crippen molar-refractivity contribution in [3.05, 3.63) is 53.3 Å². The molecule has 0 aliphatic carbocycles. The fourth-order valence-electron chi connectivity index (χ4n) is 1.94. The number of aliphatic hydroxyl groups excluding tert-OH is 1. The fourth-order valence-corrected chi connectivity index (χ4v) is 2.05. The second kappa shape index (κ2) is 8.05. The van der Waals surface area contributed by atoms with Crippen LogP contribution in [-0.2, 0) is 6.18 Å². The van der Waals surface area contributed by atoms with Gasteiger partial charge >= 0.3 is 6.18 Å². The zero-order chi connectivity index (χ0) is 19.5. The van der Waals surface area contributed by atoms with Crippen LogP contribution in [0.5, 0.6) is 11.5 Å². The Hall–Kier alpha value is -2.13. The summed E-state index contributed by atoms with van der Waals surface area (Å²) < 4.78 is 83.8. The van der Waals surface area contributed by atoms with Gasteiger partial charge in [0, 0.05) is 12.6 Å². The maximum atomic E-state index is 13.9. The topological polar surface area (TPSA) is 41.5 Å². The van der Waals surface area contributed by atoms with Crippen molar-refractivity contribution in [3.8, 4) is 11.5 Å². The van der Waals surface area contributed by atoms with E-state index < -0.39 is 41.0 Å². The molecular weight excluding hydrogens is 388 g/mol. The van der Waals surface area contributed by atoms with Crippen molar-refractivity contribution in [3.63, 3.8) is 0 Å². The number of hydrogen-bond donors (Lipinski definition) is 2. The minimum absolute atomic E-state index is 0.0761. The Morgan fingerprint density at radius 2 is 1.69 bits per heavy atom. The van der Waals surface area contributed by atoms with Crippen LogP contribution in [-0.4, -0.2) is 23.6 Å². The van der Waals surface area contributed by atoms with Crippen LogP contribution in [0.1, 0.15) is 5.56 Å². The molecule has 0 heterocycles. The number of halogens is 7. The van der Waals surface area contributed by atoms with Crippen LogP contribution in [0.3, 0.4) is 0 Å². The number of ether oxygens (including phenoxy) is 1. The van der Waals surface area contributed by atoms with E-state index in [0.29, 0.717) is 0 Å². The number of alkyl halides is 4. The summed E-state index contributed by atoms with van der Waals surface area (Å²) in [5, 5.41) is 12.0. The first-order valence-electron chi connectivity index (χ1n) is 7.13. The number of hydrogen-bond acceptors (Lipinski definition) is 3. The Bertz CT molecular complexity index is 761. The lowest BCUT2D eigenvalue weighted by atomic mass is 10.2. The summed E-state index contributed by atoms with van der Waals surface area (Å²) in [6.07, 6.45) is -5.92. The molecule has 2 aromatic rings. The number of benzene rings is 2. The zero-order valence-electron chi connectivity index (χ0n) is 12.9. The van der Waals surface area contributed by atoms with Gasteiger partial charge in [-0.05, 0) is 24.3 Å². The lowest BCUT2D eigenvalue weighted by Crippen LogP contribution is -2.21. The van der Waals surface area contributed by atoms with Crippen LogP contribution in [0.15, 0.2) is 30.3 Å². The number of anilines is 1. The molecule has 0 aliphatic heterocycles. The molecule has 1 atom stereocenters. The molecule has 0 aromatic heterocycles. The Morgan fingerprint density at radius 1 is 1.08 bits per heavy atom. The number of rotatable bonds is 6. The van der Waals surface area contributed by atoms with E-state index in [1.165, 1.54) is 0 Å². The first-order valence-corrected chi connectivity index (χ1v) is 7.66. The molecule has 0 saturated carbocycles. The second-order valence-corrected chi connectivity index (χ2v) is 5.51. The van der Waals surface area contributed by atoms with Gasteiger partial charge in [-0.1, -0.05) is 0 Å². The van der Waals surface area contributed by atoms with Gasteiger partial charge in [-0.25, -0.2) is 13.2 Å². The van der Waals surface area contributed by atoms with Crippen LogP contribution in [0.25, 0.3) is 0 Å². The lowest BCUT2D eigenvalue weighted by molar-refractivity contribution is -0.138. The second-order valence-electron chi connectivity index (χ2n) is 5.20. The molecule has 0 saturated heterocycles. The molecule has 10 heteroatoms. The van der Waals surface area contributed by atoms with E-state index in [0.717, 1.165) is 18.2 Å². The van der Waals surface area contributed by atoms with E-state index in [1.54, 1.807) is 0 Å². The van der Waals surface area contributed by atoms with Crippen molar-refractivity contribution in [1.29, 1.82) is 0 Å². The molecule has 2 aromatic carbocycles. The third-order valence-corrected chi connectivity index (χ3v) is 3.54. The molecule has 0 aliphatic rings. The smallest absolute Gasteiger partial charge is 0.416 e. The first kappa shape index (κ1) is 20.2. The summed E-state index contributed by atoms with van der Waals surface area (Å²) in [4.78, 5) is 0. The van der Waals surface area contributed by atoms with E-state index in [1.807, 2.05) is 0 Å². The average Bonchev–Trinajstić information content (AvgIpc) is 2.56. The quantitative estimate of drug-likeness (QED) is 0.535. The number of aliphatic hydroxyl groups is 1. The predicted molar refractivity (Wildman–Crippen MR) is 83.1 cm³/mol. The summed E-state index contributed by atoms with van der Waals surface area (Å²) in [5.41, 5.74) is -1.59. The summed E-state index contributed by atoms with van der Waals surface area (Å²) in [6.45, 7) is -0.124. The van der Waals surface area contributed by atoms with Crippen molar-refractivity contribution in [2.24, 2.45) is 0 Å². The molecule has 0 radical (unpaired) electrons. The molecule has 0 amide bonds. The minimum Gasteiger partial charge on any atom is -0.449 e. The Kier molecular flexibility index (Phi) is 6.25. The van der Waals surface area contributed by atoms with Gasteiger partial charge in [0.15, 0.2) is 23.1 Å². The highest BCUT2D eigenvalue weighted by atomic mass is 35.5. The van der Waals surface area contributed by atoms with E-state index in [4.69, 9.17) is 16.3 Å². The summed E-state index contributed by atoms with van der Waals surface area (Å²) in [7, 11) is 0. The highest BCUT2D eigenvalue weighted by Gasteiger charge is 2.33. The van der Waals surface area contributed by atoms with Gasteiger partial charge in [0.05, 0.1) is 23.2 Å². The normalized spacial score (nSPS) is 12.8. The van der Waals surface area contributed by atoms with Crippen LogP contribution in [0.4, 0.5) is 32.0 Å². The van der Waals surface area contributed by atoms with Crippen molar-refractivity contribution in [2.75, 3.05) is 17.7 Å². The Balaban J connectivity index is 2.34. The predicted octanol–water partition coefficient (Wildman–Crippen LogP) is 4.93. The van der Waals surface area contributed by atoms with Crippen LogP contribution < -0.4 is 10.1 Å². The third-order valence-electron chi connectivity index (χ3n) is 3.19. The molecule has 0 spiro atoms. The average molecular weight is 400 g/mol. The van der Waals surface area contributed by atoms with E-state index in [-0.39, 0.29) is 36.0 Å². The Morgan fingerprint density at radius 3 is 2.23 bits per heavy atom. The molecule has 2 rings (SSSR count). The Labute approximate surface area is 149 Å². The molecular formula is C16H12ClF6NO2. The molecule has 2 N–H and O–H groups in total. The molecule has 3 nitrogen and oxygen atoms in total. The molecule has 142 valence electrons. The zero-order valence-corrected chi connectivity index (χ0v) is 13.6. The van der Waals surface area contributed by atoms with Gasteiger partial charge in [0.1, 0.15) is 5.82 Å². The van der Waals surface area contributed by atoms with Crippen LogP contribution in [0, 0.1) is 17.5 Å². The van der Waals surface area contributed by atoms with E-state index >= 15 is 0 Å². The summed E-state index contributed by atoms with van der Waals surface area (Å²) >= 11 is 5.43.